The summed E-state index contributed by atoms with van der Waals surface area (Å²) in [7, 11) is -5.01. The Kier molecular flexibility index (Phi) is 36.2. The molecule has 1 aliphatic rings. The molecule has 352 valence electrons. The summed E-state index contributed by atoms with van der Waals surface area (Å²) in [6, 6.07) is 0. The minimum atomic E-state index is -5.01. The fraction of sp³-hybridized carbons (Fsp3) is 0.978. The van der Waals surface area contributed by atoms with Crippen LogP contribution in [0.5, 0.6) is 0 Å². The van der Waals surface area contributed by atoms with Crippen LogP contribution in [0.1, 0.15) is 226 Å². The molecule has 1 fully saturated rings. The summed E-state index contributed by atoms with van der Waals surface area (Å²) < 4.78 is 34.2. The van der Waals surface area contributed by atoms with Crippen molar-refractivity contribution >= 4 is 13.8 Å². The molecule has 0 aliphatic heterocycles. The van der Waals surface area contributed by atoms with Gasteiger partial charge in [0.2, 0.25) is 0 Å². The van der Waals surface area contributed by atoms with Crippen molar-refractivity contribution in [1.29, 1.82) is 0 Å². The van der Waals surface area contributed by atoms with Crippen molar-refractivity contribution in [3.63, 3.8) is 0 Å². The molecule has 0 spiro atoms. The highest BCUT2D eigenvalue weighted by Crippen LogP contribution is 2.47. The Labute approximate surface area is 359 Å². The van der Waals surface area contributed by atoms with Crippen LogP contribution in [0, 0.1) is 0 Å². The van der Waals surface area contributed by atoms with E-state index < -0.39 is 63.1 Å². The average Bonchev–Trinajstić information content (AvgIpc) is 3.22. The average molecular weight is 867 g/mol. The van der Waals surface area contributed by atoms with Gasteiger partial charge in [0, 0.05) is 13.0 Å². The van der Waals surface area contributed by atoms with E-state index in [1.165, 1.54) is 161 Å². The number of rotatable bonds is 42. The maximum absolute atomic E-state index is 12.8. The van der Waals surface area contributed by atoms with E-state index in [4.69, 9.17) is 18.5 Å². The fourth-order valence-corrected chi connectivity index (χ4v) is 8.80. The van der Waals surface area contributed by atoms with E-state index in [1.807, 2.05) is 0 Å². The lowest BCUT2D eigenvalue weighted by Gasteiger charge is -2.41. The van der Waals surface area contributed by atoms with Crippen LogP contribution in [0.25, 0.3) is 0 Å². The lowest BCUT2D eigenvalue weighted by atomic mass is 9.85. The molecule has 0 amide bonds. The Morgan fingerprint density at radius 3 is 1.17 bits per heavy atom. The molecule has 1 aliphatic carbocycles. The summed E-state index contributed by atoms with van der Waals surface area (Å²) in [5.74, 6) is -0.471. The van der Waals surface area contributed by atoms with Gasteiger partial charge in [0.05, 0.1) is 13.2 Å². The molecule has 0 heterocycles. The highest BCUT2D eigenvalue weighted by atomic mass is 31.2. The summed E-state index contributed by atoms with van der Waals surface area (Å²) in [5, 5.41) is 50.2. The van der Waals surface area contributed by atoms with Crippen molar-refractivity contribution < 1.29 is 58.3 Å². The number of carbonyl (C=O) groups is 1. The molecule has 0 radical (unpaired) electrons. The maximum atomic E-state index is 12.8. The van der Waals surface area contributed by atoms with E-state index in [9.17, 15) is 39.8 Å². The lowest BCUT2D eigenvalue weighted by Crippen LogP contribution is -2.64. The number of hydrogen-bond donors (Lipinski definition) is 6. The van der Waals surface area contributed by atoms with Crippen LogP contribution < -0.4 is 0 Å². The van der Waals surface area contributed by atoms with Gasteiger partial charge in [-0.25, -0.2) is 4.57 Å². The number of aliphatic hydroxyl groups excluding tert-OH is 5. The number of esters is 1. The van der Waals surface area contributed by atoms with Gasteiger partial charge < -0.3 is 39.9 Å². The third-order valence-electron chi connectivity index (χ3n) is 11.7. The molecule has 0 aromatic rings. The number of unbranched alkanes of at least 4 members (excludes halogenated alkanes) is 30. The van der Waals surface area contributed by atoms with E-state index in [0.717, 1.165) is 38.5 Å². The SMILES string of the molecule is CCCCCCCCCCCCCCCCCCCCCCCC(=O)OC(COCCCCCCCCCCCCC)COP(=O)(O)OC1C(O)C(O)C(O)C(O)C1O. The van der Waals surface area contributed by atoms with Crippen LogP contribution in [-0.2, 0) is 27.9 Å². The Bertz CT molecular complexity index is 989. The Morgan fingerprint density at radius 2 is 0.797 bits per heavy atom. The number of phosphoric ester groups is 1. The normalized spacial score (nSPS) is 22.4. The van der Waals surface area contributed by atoms with Crippen LogP contribution in [0.3, 0.4) is 0 Å². The van der Waals surface area contributed by atoms with Gasteiger partial charge in [0.1, 0.15) is 42.7 Å². The molecule has 12 nitrogen and oxygen atoms in total. The van der Waals surface area contributed by atoms with E-state index in [0.29, 0.717) is 13.0 Å². The summed E-state index contributed by atoms with van der Waals surface area (Å²) in [5.41, 5.74) is 0. The lowest BCUT2D eigenvalue weighted by molar-refractivity contribution is -0.220. The molecule has 0 aromatic carbocycles. The van der Waals surface area contributed by atoms with E-state index in [-0.39, 0.29) is 13.0 Å². The molecule has 0 saturated heterocycles. The minimum Gasteiger partial charge on any atom is -0.457 e. The zero-order valence-electron chi connectivity index (χ0n) is 37.6. The first-order valence-corrected chi connectivity index (χ1v) is 25.9. The molecule has 6 unspecified atom stereocenters. The topological polar surface area (TPSA) is 192 Å². The van der Waals surface area contributed by atoms with Gasteiger partial charge in [-0.1, -0.05) is 206 Å². The van der Waals surface area contributed by atoms with Gasteiger partial charge in [0.25, 0.3) is 0 Å². The first-order chi connectivity index (χ1) is 28.5. The molecular weight excluding hydrogens is 775 g/mol. The van der Waals surface area contributed by atoms with E-state index in [2.05, 4.69) is 13.8 Å². The van der Waals surface area contributed by atoms with Crippen LogP contribution in [-0.4, -0.2) is 98.9 Å². The van der Waals surface area contributed by atoms with Crippen molar-refractivity contribution in [2.45, 2.75) is 268 Å². The van der Waals surface area contributed by atoms with Crippen molar-refractivity contribution in [2.24, 2.45) is 0 Å². The third-order valence-corrected chi connectivity index (χ3v) is 12.7. The molecule has 13 heteroatoms. The summed E-state index contributed by atoms with van der Waals surface area (Å²) in [6.45, 7) is 4.29. The van der Waals surface area contributed by atoms with Crippen LogP contribution in [0.4, 0.5) is 0 Å². The molecule has 59 heavy (non-hydrogen) atoms. The van der Waals surface area contributed by atoms with Crippen LogP contribution in [0.15, 0.2) is 0 Å². The largest absolute Gasteiger partial charge is 0.472 e. The molecule has 0 bridgehead atoms. The van der Waals surface area contributed by atoms with Gasteiger partial charge in [-0.2, -0.15) is 0 Å². The standard InChI is InChI=1S/C46H91O12P/c1-3-5-7-9-11-13-15-16-17-18-19-20-21-22-23-24-25-27-29-31-33-35-40(47)57-39(37-55-36-34-32-30-28-26-14-12-10-8-6-4-2)38-56-59(53,54)58-46-44(51)42(49)41(48)43(50)45(46)52/h39,41-46,48-52H,3-38H2,1-2H3,(H,53,54). The van der Waals surface area contributed by atoms with Crippen molar-refractivity contribution in [1.82, 2.24) is 0 Å². The zero-order valence-corrected chi connectivity index (χ0v) is 38.5. The van der Waals surface area contributed by atoms with Gasteiger partial charge in [-0.3, -0.25) is 13.8 Å². The molecule has 6 atom stereocenters. The van der Waals surface area contributed by atoms with E-state index >= 15 is 0 Å². The van der Waals surface area contributed by atoms with Crippen LogP contribution in [0.2, 0.25) is 0 Å². The predicted octanol–water partition coefficient (Wildman–Crippen LogP) is 10.1. The molecular formula is C46H91O12P. The quantitative estimate of drug-likeness (QED) is 0.0194. The maximum Gasteiger partial charge on any atom is 0.472 e. The highest BCUT2D eigenvalue weighted by molar-refractivity contribution is 7.47. The Morgan fingerprint density at radius 1 is 0.475 bits per heavy atom. The van der Waals surface area contributed by atoms with Crippen molar-refractivity contribution in [3.05, 3.63) is 0 Å². The first kappa shape index (κ1) is 56.4. The smallest absolute Gasteiger partial charge is 0.457 e. The highest BCUT2D eigenvalue weighted by Gasteiger charge is 2.51. The number of phosphoric acid groups is 1. The minimum absolute atomic E-state index is 0.0683. The Hall–Kier alpha value is -0.660. The first-order valence-electron chi connectivity index (χ1n) is 24.4. The second-order valence-electron chi connectivity index (χ2n) is 17.3. The van der Waals surface area contributed by atoms with Gasteiger partial charge in [0.15, 0.2) is 0 Å². The van der Waals surface area contributed by atoms with Crippen LogP contribution >= 0.6 is 7.82 Å². The molecule has 0 aromatic heterocycles. The number of carbonyl (C=O) groups excluding carboxylic acids is 1. The second-order valence-corrected chi connectivity index (χ2v) is 18.7. The van der Waals surface area contributed by atoms with Gasteiger partial charge in [-0.05, 0) is 12.8 Å². The summed E-state index contributed by atoms with van der Waals surface area (Å²) >= 11 is 0. The van der Waals surface area contributed by atoms with Crippen molar-refractivity contribution in [2.75, 3.05) is 19.8 Å². The third kappa shape index (κ3) is 30.1. The Balaban J connectivity index is 2.30. The van der Waals surface area contributed by atoms with Gasteiger partial charge >= 0.3 is 13.8 Å². The molecule has 1 saturated carbocycles. The van der Waals surface area contributed by atoms with Gasteiger partial charge in [-0.15, -0.1) is 0 Å². The second kappa shape index (κ2) is 37.9. The summed E-state index contributed by atoms with van der Waals surface area (Å²) in [4.78, 5) is 23.2. The number of aliphatic hydroxyl groups is 5. The summed E-state index contributed by atoms with van der Waals surface area (Å²) in [6.07, 6.45) is 27.5. The fourth-order valence-electron chi connectivity index (χ4n) is 7.83. The number of hydrogen-bond acceptors (Lipinski definition) is 11. The number of ether oxygens (including phenoxy) is 2. The monoisotopic (exact) mass is 867 g/mol. The van der Waals surface area contributed by atoms with E-state index in [1.54, 1.807) is 0 Å². The molecule has 1 rings (SSSR count). The predicted molar refractivity (Wildman–Crippen MR) is 235 cm³/mol. The van der Waals surface area contributed by atoms with Crippen molar-refractivity contribution in [3.8, 4) is 0 Å². The molecule has 6 N–H and O–H groups in total. The zero-order chi connectivity index (χ0) is 43.4.